The SMILES string of the molecule is Cc1cc(C(=O)NCCc2nccn2Cc2ccccc2)on1. The van der Waals surface area contributed by atoms with Gasteiger partial charge in [0.2, 0.25) is 5.76 Å². The highest BCUT2D eigenvalue weighted by atomic mass is 16.5. The number of rotatable bonds is 6. The van der Waals surface area contributed by atoms with Gasteiger partial charge in [-0.25, -0.2) is 4.98 Å². The second kappa shape index (κ2) is 6.91. The Labute approximate surface area is 134 Å². The smallest absolute Gasteiger partial charge is 0.289 e. The molecular formula is C17H18N4O2. The van der Waals surface area contributed by atoms with E-state index < -0.39 is 0 Å². The minimum atomic E-state index is -0.258. The van der Waals surface area contributed by atoms with E-state index in [9.17, 15) is 4.79 Å². The molecule has 118 valence electrons. The molecule has 0 bridgehead atoms. The van der Waals surface area contributed by atoms with Crippen LogP contribution < -0.4 is 5.32 Å². The van der Waals surface area contributed by atoms with Gasteiger partial charge in [0.05, 0.1) is 5.69 Å². The van der Waals surface area contributed by atoms with Gasteiger partial charge in [0.15, 0.2) is 0 Å². The summed E-state index contributed by atoms with van der Waals surface area (Å²) in [4.78, 5) is 16.3. The summed E-state index contributed by atoms with van der Waals surface area (Å²) in [6.45, 7) is 3.04. The molecule has 3 rings (SSSR count). The number of nitrogens with zero attached hydrogens (tertiary/aromatic N) is 3. The van der Waals surface area contributed by atoms with Crippen LogP contribution in [0.5, 0.6) is 0 Å². The van der Waals surface area contributed by atoms with Gasteiger partial charge in [-0.3, -0.25) is 4.79 Å². The summed E-state index contributed by atoms with van der Waals surface area (Å²) in [5.41, 5.74) is 1.90. The summed E-state index contributed by atoms with van der Waals surface area (Å²) >= 11 is 0. The molecule has 3 aromatic rings. The molecule has 1 amide bonds. The van der Waals surface area contributed by atoms with Crippen molar-refractivity contribution in [3.63, 3.8) is 0 Å². The number of hydrogen-bond donors (Lipinski definition) is 1. The normalized spacial score (nSPS) is 10.7. The zero-order valence-electron chi connectivity index (χ0n) is 12.9. The lowest BCUT2D eigenvalue weighted by molar-refractivity contribution is 0.0917. The van der Waals surface area contributed by atoms with Crippen molar-refractivity contribution in [2.24, 2.45) is 0 Å². The monoisotopic (exact) mass is 310 g/mol. The molecule has 6 heteroatoms. The maximum absolute atomic E-state index is 11.9. The Morgan fingerprint density at radius 3 is 2.87 bits per heavy atom. The van der Waals surface area contributed by atoms with Crippen molar-refractivity contribution in [3.05, 3.63) is 71.6 Å². The number of benzene rings is 1. The predicted octanol–water partition coefficient (Wildman–Crippen LogP) is 2.20. The van der Waals surface area contributed by atoms with Crippen LogP contribution >= 0.6 is 0 Å². The lowest BCUT2D eigenvalue weighted by Gasteiger charge is -2.08. The molecule has 0 aliphatic carbocycles. The number of nitrogens with one attached hydrogen (secondary N) is 1. The summed E-state index contributed by atoms with van der Waals surface area (Å²) in [5, 5.41) is 6.52. The van der Waals surface area contributed by atoms with Gasteiger partial charge < -0.3 is 14.4 Å². The van der Waals surface area contributed by atoms with Crippen molar-refractivity contribution in [1.29, 1.82) is 0 Å². The van der Waals surface area contributed by atoms with Crippen molar-refractivity contribution >= 4 is 5.91 Å². The van der Waals surface area contributed by atoms with Crippen LogP contribution in [-0.4, -0.2) is 27.2 Å². The van der Waals surface area contributed by atoms with Crippen LogP contribution in [0.4, 0.5) is 0 Å². The Kier molecular flexibility index (Phi) is 4.52. The van der Waals surface area contributed by atoms with Gasteiger partial charge >= 0.3 is 0 Å². The Hall–Kier alpha value is -2.89. The maximum atomic E-state index is 11.9. The van der Waals surface area contributed by atoms with E-state index in [1.807, 2.05) is 24.4 Å². The van der Waals surface area contributed by atoms with Crippen molar-refractivity contribution in [2.75, 3.05) is 6.54 Å². The van der Waals surface area contributed by atoms with Crippen LogP contribution in [0.1, 0.15) is 27.6 Å². The van der Waals surface area contributed by atoms with Crippen LogP contribution in [0.2, 0.25) is 0 Å². The summed E-state index contributed by atoms with van der Waals surface area (Å²) in [7, 11) is 0. The number of amides is 1. The number of carbonyl (C=O) groups excluding carboxylic acids is 1. The second-order valence-corrected chi connectivity index (χ2v) is 5.30. The number of carbonyl (C=O) groups is 1. The maximum Gasteiger partial charge on any atom is 0.289 e. The highest BCUT2D eigenvalue weighted by Crippen LogP contribution is 2.06. The van der Waals surface area contributed by atoms with Crippen molar-refractivity contribution in [2.45, 2.75) is 19.9 Å². The standard InChI is InChI=1S/C17H18N4O2/c1-13-11-15(23-20-13)17(22)19-8-7-16-18-9-10-21(16)12-14-5-3-2-4-6-14/h2-6,9-11H,7-8,12H2,1H3,(H,19,22). The van der Waals surface area contributed by atoms with Gasteiger partial charge in [0, 0.05) is 38.0 Å². The third-order valence-corrected chi connectivity index (χ3v) is 3.48. The molecule has 2 aromatic heterocycles. The van der Waals surface area contributed by atoms with E-state index in [4.69, 9.17) is 4.52 Å². The second-order valence-electron chi connectivity index (χ2n) is 5.30. The van der Waals surface area contributed by atoms with E-state index in [1.165, 1.54) is 5.56 Å². The van der Waals surface area contributed by atoms with E-state index in [1.54, 1.807) is 19.2 Å². The van der Waals surface area contributed by atoms with Crippen LogP contribution in [0.15, 0.2) is 53.3 Å². The van der Waals surface area contributed by atoms with Gasteiger partial charge in [0.1, 0.15) is 5.82 Å². The van der Waals surface area contributed by atoms with Crippen LogP contribution in [0.25, 0.3) is 0 Å². The summed E-state index contributed by atoms with van der Waals surface area (Å²) in [6, 6.07) is 11.8. The first-order valence-electron chi connectivity index (χ1n) is 7.48. The molecule has 0 radical (unpaired) electrons. The van der Waals surface area contributed by atoms with E-state index in [-0.39, 0.29) is 11.7 Å². The summed E-state index contributed by atoms with van der Waals surface area (Å²) in [6.07, 6.45) is 4.38. The van der Waals surface area contributed by atoms with Gasteiger partial charge in [-0.05, 0) is 12.5 Å². The summed E-state index contributed by atoms with van der Waals surface area (Å²) in [5.74, 6) is 0.907. The zero-order valence-corrected chi connectivity index (χ0v) is 12.9. The Morgan fingerprint density at radius 2 is 2.13 bits per heavy atom. The zero-order chi connectivity index (χ0) is 16.1. The minimum Gasteiger partial charge on any atom is -0.351 e. The Bertz CT molecular complexity index is 777. The molecule has 0 unspecified atom stereocenters. The first kappa shape index (κ1) is 15.0. The quantitative estimate of drug-likeness (QED) is 0.757. The third kappa shape index (κ3) is 3.85. The van der Waals surface area contributed by atoms with Crippen LogP contribution in [0, 0.1) is 6.92 Å². The van der Waals surface area contributed by atoms with Crippen LogP contribution in [0.3, 0.4) is 0 Å². The molecule has 0 spiro atoms. The number of aromatic nitrogens is 3. The highest BCUT2D eigenvalue weighted by Gasteiger charge is 2.11. The van der Waals surface area contributed by atoms with Crippen molar-refractivity contribution in [3.8, 4) is 0 Å². The molecule has 23 heavy (non-hydrogen) atoms. The van der Waals surface area contributed by atoms with E-state index in [0.29, 0.717) is 18.7 Å². The molecule has 0 aliphatic heterocycles. The lowest BCUT2D eigenvalue weighted by Crippen LogP contribution is -2.26. The predicted molar refractivity (Wildman–Crippen MR) is 85.0 cm³/mol. The Morgan fingerprint density at radius 1 is 1.30 bits per heavy atom. The van der Waals surface area contributed by atoms with Crippen molar-refractivity contribution < 1.29 is 9.32 Å². The Balaban J connectivity index is 1.55. The number of aryl methyl sites for hydroxylation is 1. The molecule has 1 aromatic carbocycles. The molecule has 0 saturated heterocycles. The number of hydrogen-bond acceptors (Lipinski definition) is 4. The van der Waals surface area contributed by atoms with Gasteiger partial charge in [-0.1, -0.05) is 35.5 Å². The molecule has 0 aliphatic rings. The van der Waals surface area contributed by atoms with Crippen molar-refractivity contribution in [1.82, 2.24) is 20.0 Å². The third-order valence-electron chi connectivity index (χ3n) is 3.48. The van der Waals surface area contributed by atoms with Gasteiger partial charge in [-0.2, -0.15) is 0 Å². The molecule has 0 saturated carbocycles. The van der Waals surface area contributed by atoms with Gasteiger partial charge in [0.25, 0.3) is 5.91 Å². The average Bonchev–Trinajstić information content (AvgIpc) is 3.18. The molecule has 0 atom stereocenters. The first-order chi connectivity index (χ1) is 11.2. The highest BCUT2D eigenvalue weighted by molar-refractivity contribution is 5.91. The van der Waals surface area contributed by atoms with E-state index in [2.05, 4.69) is 32.2 Å². The molecule has 0 fully saturated rings. The van der Waals surface area contributed by atoms with E-state index >= 15 is 0 Å². The lowest BCUT2D eigenvalue weighted by atomic mass is 10.2. The fraction of sp³-hybridized carbons (Fsp3) is 0.235. The fourth-order valence-corrected chi connectivity index (χ4v) is 2.34. The van der Waals surface area contributed by atoms with Crippen LogP contribution in [-0.2, 0) is 13.0 Å². The average molecular weight is 310 g/mol. The fourth-order valence-electron chi connectivity index (χ4n) is 2.34. The summed E-state index contributed by atoms with van der Waals surface area (Å²) < 4.78 is 7.02. The molecule has 6 nitrogen and oxygen atoms in total. The first-order valence-corrected chi connectivity index (χ1v) is 7.48. The molecular weight excluding hydrogens is 292 g/mol. The minimum absolute atomic E-state index is 0.232. The molecule has 2 heterocycles. The van der Waals surface area contributed by atoms with E-state index in [0.717, 1.165) is 12.4 Å². The largest absolute Gasteiger partial charge is 0.351 e. The number of imidazole rings is 1. The topological polar surface area (TPSA) is 73.0 Å². The van der Waals surface area contributed by atoms with Gasteiger partial charge in [-0.15, -0.1) is 0 Å². The molecule has 1 N–H and O–H groups in total.